The zero-order chi connectivity index (χ0) is 23.2. The van der Waals surface area contributed by atoms with Crippen LogP contribution in [0.15, 0.2) is 36.7 Å². The first kappa shape index (κ1) is 23.3. The normalized spacial score (nSPS) is 11.6. The predicted molar refractivity (Wildman–Crippen MR) is 138 cm³/mol. The van der Waals surface area contributed by atoms with Gasteiger partial charge in [-0.2, -0.15) is 0 Å². The number of aromatic amines is 1. The summed E-state index contributed by atoms with van der Waals surface area (Å²) in [6.45, 7) is 6.53. The van der Waals surface area contributed by atoms with Crippen LogP contribution in [-0.4, -0.2) is 15.9 Å². The summed E-state index contributed by atoms with van der Waals surface area (Å²) in [5, 5.41) is 4.65. The van der Waals surface area contributed by atoms with Gasteiger partial charge in [-0.05, 0) is 61.0 Å². The summed E-state index contributed by atoms with van der Waals surface area (Å²) >= 11 is 0. The average Bonchev–Trinajstić information content (AvgIpc) is 3.21. The number of fused-ring (bicyclic) bond motifs is 4. The Hall–Kier alpha value is -2.88. The molecule has 174 valence electrons. The van der Waals surface area contributed by atoms with Gasteiger partial charge in [0.2, 0.25) is 0 Å². The van der Waals surface area contributed by atoms with Gasteiger partial charge in [-0.3, -0.25) is 9.78 Å². The molecule has 2 heterocycles. The molecule has 4 rings (SSSR count). The van der Waals surface area contributed by atoms with Crippen molar-refractivity contribution in [3.63, 3.8) is 0 Å². The Bertz CT molecular complexity index is 1260. The quantitative estimate of drug-likeness (QED) is 0.144. The first-order valence-electron chi connectivity index (χ1n) is 12.6. The first-order valence-corrected chi connectivity index (χ1v) is 12.6. The second-order valence-corrected chi connectivity index (χ2v) is 9.31. The largest absolute Gasteiger partial charge is 0.427 e. The first-order chi connectivity index (χ1) is 16.1. The van der Waals surface area contributed by atoms with Gasteiger partial charge in [-0.1, -0.05) is 58.3 Å². The number of nitrogens with one attached hydrogen (secondary N) is 1. The minimum atomic E-state index is -0.139. The highest BCUT2D eigenvalue weighted by Gasteiger charge is 2.15. The number of ether oxygens (including phenoxy) is 1. The summed E-state index contributed by atoms with van der Waals surface area (Å²) in [5.74, 6) is 0.479. The van der Waals surface area contributed by atoms with Crippen LogP contribution < -0.4 is 4.74 Å². The van der Waals surface area contributed by atoms with Gasteiger partial charge in [-0.25, -0.2) is 0 Å². The number of carbonyl (C=O) groups excluding carboxylic acids is 1. The van der Waals surface area contributed by atoms with Crippen LogP contribution in [0.3, 0.4) is 0 Å². The molecular weight excluding hydrogens is 408 g/mol. The van der Waals surface area contributed by atoms with Gasteiger partial charge in [0.1, 0.15) is 5.75 Å². The number of H-pyrrole nitrogens is 1. The Balaban J connectivity index is 1.40. The lowest BCUT2D eigenvalue weighted by Crippen LogP contribution is -2.07. The summed E-state index contributed by atoms with van der Waals surface area (Å²) < 4.78 is 5.71. The second-order valence-electron chi connectivity index (χ2n) is 9.31. The number of unbranched alkanes of at least 4 members (excludes halogenated alkanes) is 8. The van der Waals surface area contributed by atoms with E-state index in [4.69, 9.17) is 4.74 Å². The number of aryl methyl sites for hydroxylation is 2. The predicted octanol–water partition coefficient (Wildman–Crippen LogP) is 8.31. The molecule has 1 N–H and O–H groups in total. The number of esters is 1. The van der Waals surface area contributed by atoms with E-state index in [1.54, 1.807) is 0 Å². The molecule has 33 heavy (non-hydrogen) atoms. The van der Waals surface area contributed by atoms with Crippen molar-refractivity contribution >= 4 is 38.5 Å². The van der Waals surface area contributed by atoms with E-state index in [1.807, 2.05) is 30.6 Å². The van der Waals surface area contributed by atoms with Crippen LogP contribution in [0.4, 0.5) is 0 Å². The fourth-order valence-corrected chi connectivity index (χ4v) is 4.96. The molecule has 0 spiro atoms. The standard InChI is InChI=1S/C29H36N2O2/c1-4-5-6-7-8-9-10-11-12-13-27(32)33-22-14-15-26-24(18-22)28-20(2)25-19-30-17-16-23(25)21(3)29(28)31-26/h14-19,31H,4-13H2,1-3H3. The fourth-order valence-electron chi connectivity index (χ4n) is 4.96. The third kappa shape index (κ3) is 5.21. The molecule has 0 aliphatic heterocycles. The highest BCUT2D eigenvalue weighted by Crippen LogP contribution is 2.37. The van der Waals surface area contributed by atoms with Gasteiger partial charge >= 0.3 is 5.97 Å². The Morgan fingerprint density at radius 2 is 1.61 bits per heavy atom. The van der Waals surface area contributed by atoms with E-state index in [0.29, 0.717) is 12.2 Å². The molecule has 4 nitrogen and oxygen atoms in total. The molecule has 4 aromatic rings. The van der Waals surface area contributed by atoms with Gasteiger partial charge in [0.05, 0.1) is 5.52 Å². The molecule has 0 radical (unpaired) electrons. The van der Waals surface area contributed by atoms with E-state index in [1.165, 1.54) is 66.8 Å². The number of benzene rings is 2. The van der Waals surface area contributed by atoms with Crippen LogP contribution in [-0.2, 0) is 4.79 Å². The lowest BCUT2D eigenvalue weighted by atomic mass is 9.97. The maximum Gasteiger partial charge on any atom is 0.311 e. The third-order valence-electron chi connectivity index (χ3n) is 6.87. The number of carbonyl (C=O) groups is 1. The van der Waals surface area contributed by atoms with Crippen LogP contribution in [0.1, 0.15) is 82.3 Å². The van der Waals surface area contributed by atoms with Crippen molar-refractivity contribution in [2.45, 2.75) is 85.0 Å². The van der Waals surface area contributed by atoms with Crippen molar-refractivity contribution in [2.24, 2.45) is 0 Å². The smallest absolute Gasteiger partial charge is 0.311 e. The van der Waals surface area contributed by atoms with Crippen LogP contribution in [0.25, 0.3) is 32.6 Å². The third-order valence-corrected chi connectivity index (χ3v) is 6.87. The molecule has 0 aliphatic rings. The molecule has 0 fully saturated rings. The topological polar surface area (TPSA) is 55.0 Å². The van der Waals surface area contributed by atoms with Crippen LogP contribution in [0, 0.1) is 13.8 Å². The van der Waals surface area contributed by atoms with Gasteiger partial charge < -0.3 is 9.72 Å². The highest BCUT2D eigenvalue weighted by molar-refractivity contribution is 6.16. The lowest BCUT2D eigenvalue weighted by molar-refractivity contribution is -0.134. The van der Waals surface area contributed by atoms with Crippen LogP contribution in [0.5, 0.6) is 5.75 Å². The van der Waals surface area contributed by atoms with Crippen molar-refractivity contribution in [3.8, 4) is 5.75 Å². The SMILES string of the molecule is CCCCCCCCCCCC(=O)Oc1ccc2[nH]c3c(C)c4ccncc4c(C)c3c2c1. The van der Waals surface area contributed by atoms with Crippen molar-refractivity contribution < 1.29 is 9.53 Å². The molecule has 0 amide bonds. The Kier molecular flexibility index (Phi) is 7.64. The Labute approximate surface area is 196 Å². The fraction of sp³-hybridized carbons (Fsp3) is 0.448. The highest BCUT2D eigenvalue weighted by atomic mass is 16.5. The maximum atomic E-state index is 12.4. The summed E-state index contributed by atoms with van der Waals surface area (Å²) in [6.07, 6.45) is 15.4. The van der Waals surface area contributed by atoms with Gasteiger partial charge in [0.25, 0.3) is 0 Å². The number of hydrogen-bond acceptors (Lipinski definition) is 3. The van der Waals surface area contributed by atoms with Crippen molar-refractivity contribution in [1.29, 1.82) is 0 Å². The van der Waals surface area contributed by atoms with E-state index < -0.39 is 0 Å². The van der Waals surface area contributed by atoms with Crippen molar-refractivity contribution in [3.05, 3.63) is 47.8 Å². The zero-order valence-corrected chi connectivity index (χ0v) is 20.3. The molecule has 0 atom stereocenters. The molecule has 0 bridgehead atoms. The molecule has 2 aromatic carbocycles. The molecule has 0 aliphatic carbocycles. The summed E-state index contributed by atoms with van der Waals surface area (Å²) in [4.78, 5) is 20.3. The van der Waals surface area contributed by atoms with E-state index in [9.17, 15) is 4.79 Å². The van der Waals surface area contributed by atoms with Crippen molar-refractivity contribution in [2.75, 3.05) is 0 Å². The maximum absolute atomic E-state index is 12.4. The van der Waals surface area contributed by atoms with E-state index in [2.05, 4.69) is 36.8 Å². The number of rotatable bonds is 11. The second kappa shape index (κ2) is 10.8. The molecule has 0 unspecified atom stereocenters. The van der Waals surface area contributed by atoms with Crippen molar-refractivity contribution in [1.82, 2.24) is 9.97 Å². The minimum absolute atomic E-state index is 0.139. The monoisotopic (exact) mass is 444 g/mol. The lowest BCUT2D eigenvalue weighted by Gasteiger charge is -2.08. The van der Waals surface area contributed by atoms with E-state index >= 15 is 0 Å². The Morgan fingerprint density at radius 1 is 0.879 bits per heavy atom. The molecule has 2 aromatic heterocycles. The van der Waals surface area contributed by atoms with Crippen LogP contribution in [0.2, 0.25) is 0 Å². The number of aromatic nitrogens is 2. The molecule has 0 saturated heterocycles. The zero-order valence-electron chi connectivity index (χ0n) is 20.3. The Morgan fingerprint density at radius 3 is 2.36 bits per heavy atom. The molecular formula is C29H36N2O2. The average molecular weight is 445 g/mol. The van der Waals surface area contributed by atoms with E-state index in [-0.39, 0.29) is 5.97 Å². The summed E-state index contributed by atoms with van der Waals surface area (Å²) in [7, 11) is 0. The van der Waals surface area contributed by atoms with Gasteiger partial charge in [0, 0.05) is 40.5 Å². The van der Waals surface area contributed by atoms with E-state index in [0.717, 1.165) is 34.6 Å². The minimum Gasteiger partial charge on any atom is -0.427 e. The molecule has 4 heteroatoms. The van der Waals surface area contributed by atoms with Gasteiger partial charge in [-0.15, -0.1) is 0 Å². The molecule has 0 saturated carbocycles. The number of pyridine rings is 1. The summed E-state index contributed by atoms with van der Waals surface area (Å²) in [5.41, 5.74) is 4.61. The number of nitrogens with zero attached hydrogens (tertiary/aromatic N) is 1. The van der Waals surface area contributed by atoms with Gasteiger partial charge in [0.15, 0.2) is 0 Å². The number of hydrogen-bond donors (Lipinski definition) is 1. The summed E-state index contributed by atoms with van der Waals surface area (Å²) in [6, 6.07) is 7.97. The van der Waals surface area contributed by atoms with Crippen LogP contribution >= 0.6 is 0 Å².